The van der Waals surface area contributed by atoms with E-state index in [1.165, 1.54) is 12.1 Å². The van der Waals surface area contributed by atoms with Crippen molar-refractivity contribution < 1.29 is 18.7 Å². The Kier molecular flexibility index (Phi) is 6.31. The summed E-state index contributed by atoms with van der Waals surface area (Å²) >= 11 is 0. The number of rotatable bonds is 7. The molecule has 1 aliphatic rings. The van der Waals surface area contributed by atoms with Crippen LogP contribution in [0.2, 0.25) is 0 Å². The fourth-order valence-corrected chi connectivity index (χ4v) is 2.86. The highest BCUT2D eigenvalue weighted by atomic mass is 19.1. The van der Waals surface area contributed by atoms with Crippen LogP contribution in [0.4, 0.5) is 4.39 Å². The molecule has 0 saturated heterocycles. The maximum Gasteiger partial charge on any atom is 0.231 e. The fourth-order valence-electron chi connectivity index (χ4n) is 2.86. The zero-order chi connectivity index (χ0) is 19.9. The SMILES string of the molecule is CN=C(NCc1ccc2c(c1)OCO2)NCC(Cc1ccc(F)cc1)C(N)=O. The van der Waals surface area contributed by atoms with Crippen LogP contribution in [0.15, 0.2) is 47.5 Å². The number of ether oxygens (including phenoxy) is 2. The van der Waals surface area contributed by atoms with E-state index in [1.807, 2.05) is 18.2 Å². The number of aliphatic imine (C=N–C) groups is 1. The van der Waals surface area contributed by atoms with Crippen LogP contribution in [0.25, 0.3) is 0 Å². The summed E-state index contributed by atoms with van der Waals surface area (Å²) < 4.78 is 23.7. The zero-order valence-corrected chi connectivity index (χ0v) is 15.6. The molecule has 3 rings (SSSR count). The number of carbonyl (C=O) groups is 1. The summed E-state index contributed by atoms with van der Waals surface area (Å²) in [6.45, 7) is 1.07. The minimum absolute atomic E-state index is 0.234. The Bertz CT molecular complexity index is 855. The minimum Gasteiger partial charge on any atom is -0.454 e. The predicted octanol–water partition coefficient (Wildman–Crippen LogP) is 1.56. The van der Waals surface area contributed by atoms with Gasteiger partial charge in [0.15, 0.2) is 17.5 Å². The van der Waals surface area contributed by atoms with Gasteiger partial charge < -0.3 is 25.8 Å². The third kappa shape index (κ3) is 5.12. The largest absolute Gasteiger partial charge is 0.454 e. The van der Waals surface area contributed by atoms with E-state index in [0.717, 1.165) is 22.6 Å². The molecule has 1 aliphatic heterocycles. The Labute approximate surface area is 162 Å². The Hall–Kier alpha value is -3.29. The highest BCUT2D eigenvalue weighted by Gasteiger charge is 2.17. The molecule has 0 saturated carbocycles. The standard InChI is InChI=1S/C20H23FN4O3/c1-23-20(24-10-14-4-7-17-18(9-14)28-12-27-17)25-11-15(19(22)26)8-13-2-5-16(21)6-3-13/h2-7,9,15H,8,10-12H2,1H3,(H2,22,26)(H2,23,24,25). The van der Waals surface area contributed by atoms with Gasteiger partial charge in [0.2, 0.25) is 12.7 Å². The normalized spacial score (nSPS) is 13.9. The molecular formula is C20H23FN4O3. The Morgan fingerprint density at radius 2 is 1.86 bits per heavy atom. The van der Waals surface area contributed by atoms with Crippen LogP contribution in [-0.2, 0) is 17.8 Å². The van der Waals surface area contributed by atoms with Gasteiger partial charge in [-0.3, -0.25) is 9.79 Å². The van der Waals surface area contributed by atoms with Crippen LogP contribution in [0.1, 0.15) is 11.1 Å². The van der Waals surface area contributed by atoms with Gasteiger partial charge in [0, 0.05) is 20.1 Å². The van der Waals surface area contributed by atoms with Gasteiger partial charge in [-0.1, -0.05) is 18.2 Å². The summed E-state index contributed by atoms with van der Waals surface area (Å²) in [5, 5.41) is 6.30. The van der Waals surface area contributed by atoms with E-state index in [2.05, 4.69) is 15.6 Å². The third-order valence-electron chi connectivity index (χ3n) is 4.43. The first-order chi connectivity index (χ1) is 13.5. The zero-order valence-electron chi connectivity index (χ0n) is 15.6. The quantitative estimate of drug-likeness (QED) is 0.496. The van der Waals surface area contributed by atoms with Gasteiger partial charge in [0.1, 0.15) is 5.82 Å². The van der Waals surface area contributed by atoms with E-state index >= 15 is 0 Å². The molecule has 2 aromatic carbocycles. The first-order valence-electron chi connectivity index (χ1n) is 8.92. The average molecular weight is 386 g/mol. The van der Waals surface area contributed by atoms with E-state index in [-0.39, 0.29) is 12.6 Å². The van der Waals surface area contributed by atoms with Crippen LogP contribution in [0, 0.1) is 11.7 Å². The average Bonchev–Trinajstić information content (AvgIpc) is 3.16. The monoisotopic (exact) mass is 386 g/mol. The first-order valence-corrected chi connectivity index (χ1v) is 8.92. The summed E-state index contributed by atoms with van der Waals surface area (Å²) in [7, 11) is 1.65. The molecule has 2 aromatic rings. The van der Waals surface area contributed by atoms with Crippen molar-refractivity contribution in [1.82, 2.24) is 10.6 Å². The van der Waals surface area contributed by atoms with E-state index in [1.54, 1.807) is 19.2 Å². The molecule has 0 spiro atoms. The van der Waals surface area contributed by atoms with Crippen molar-refractivity contribution in [2.24, 2.45) is 16.6 Å². The fraction of sp³-hybridized carbons (Fsp3) is 0.300. The van der Waals surface area contributed by atoms with E-state index < -0.39 is 11.8 Å². The smallest absolute Gasteiger partial charge is 0.231 e. The Balaban J connectivity index is 1.52. The van der Waals surface area contributed by atoms with Crippen molar-refractivity contribution in [3.8, 4) is 11.5 Å². The number of primary amides is 1. The molecule has 0 fully saturated rings. The maximum atomic E-state index is 13.0. The topological polar surface area (TPSA) is 98.0 Å². The second kappa shape index (κ2) is 9.07. The summed E-state index contributed by atoms with van der Waals surface area (Å²) in [5.74, 6) is 0.804. The van der Waals surface area contributed by atoms with Crippen molar-refractivity contribution >= 4 is 11.9 Å². The number of nitrogens with zero attached hydrogens (tertiary/aromatic N) is 1. The van der Waals surface area contributed by atoms with Crippen molar-refractivity contribution in [3.05, 3.63) is 59.4 Å². The predicted molar refractivity (Wildman–Crippen MR) is 104 cm³/mol. The van der Waals surface area contributed by atoms with Gasteiger partial charge in [0.25, 0.3) is 0 Å². The van der Waals surface area contributed by atoms with Crippen molar-refractivity contribution in [3.63, 3.8) is 0 Å². The molecule has 1 heterocycles. The van der Waals surface area contributed by atoms with Crippen molar-refractivity contribution in [2.75, 3.05) is 20.4 Å². The molecule has 0 bridgehead atoms. The third-order valence-corrected chi connectivity index (χ3v) is 4.43. The number of carbonyl (C=O) groups excluding carboxylic acids is 1. The number of nitrogens with two attached hydrogens (primary N) is 1. The lowest BCUT2D eigenvalue weighted by molar-refractivity contribution is -0.121. The van der Waals surface area contributed by atoms with Gasteiger partial charge >= 0.3 is 0 Å². The van der Waals surface area contributed by atoms with Crippen LogP contribution in [-0.4, -0.2) is 32.3 Å². The number of hydrogen-bond acceptors (Lipinski definition) is 4. The highest BCUT2D eigenvalue weighted by molar-refractivity contribution is 5.81. The number of benzene rings is 2. The molecule has 28 heavy (non-hydrogen) atoms. The molecule has 0 radical (unpaired) electrons. The molecule has 1 atom stereocenters. The summed E-state index contributed by atoms with van der Waals surface area (Å²) in [4.78, 5) is 15.9. The maximum absolute atomic E-state index is 13.0. The summed E-state index contributed by atoms with van der Waals surface area (Å²) in [6.07, 6.45) is 0.418. The van der Waals surface area contributed by atoms with Crippen LogP contribution in [0.5, 0.6) is 11.5 Å². The van der Waals surface area contributed by atoms with Gasteiger partial charge in [-0.15, -0.1) is 0 Å². The number of halogens is 1. The van der Waals surface area contributed by atoms with Gasteiger partial charge in [-0.05, 0) is 41.8 Å². The second-order valence-electron chi connectivity index (χ2n) is 6.42. The summed E-state index contributed by atoms with van der Waals surface area (Å²) in [5.41, 5.74) is 7.37. The molecule has 0 aliphatic carbocycles. The van der Waals surface area contributed by atoms with Crippen LogP contribution < -0.4 is 25.8 Å². The van der Waals surface area contributed by atoms with Crippen LogP contribution in [0.3, 0.4) is 0 Å². The highest BCUT2D eigenvalue weighted by Crippen LogP contribution is 2.32. The van der Waals surface area contributed by atoms with Gasteiger partial charge in [-0.25, -0.2) is 4.39 Å². The number of guanidine groups is 1. The summed E-state index contributed by atoms with van der Waals surface area (Å²) in [6, 6.07) is 11.7. The number of amides is 1. The number of nitrogens with one attached hydrogen (secondary N) is 2. The molecular weight excluding hydrogens is 363 g/mol. The molecule has 7 nitrogen and oxygen atoms in total. The van der Waals surface area contributed by atoms with E-state index in [4.69, 9.17) is 15.2 Å². The number of hydrogen-bond donors (Lipinski definition) is 3. The molecule has 1 amide bonds. The second-order valence-corrected chi connectivity index (χ2v) is 6.42. The Morgan fingerprint density at radius 1 is 1.14 bits per heavy atom. The van der Waals surface area contributed by atoms with E-state index in [0.29, 0.717) is 25.5 Å². The molecule has 0 aromatic heterocycles. The lowest BCUT2D eigenvalue weighted by Gasteiger charge is -2.17. The molecule has 148 valence electrons. The van der Waals surface area contributed by atoms with Crippen LogP contribution >= 0.6 is 0 Å². The lowest BCUT2D eigenvalue weighted by Crippen LogP contribution is -2.42. The lowest BCUT2D eigenvalue weighted by atomic mass is 9.98. The molecule has 1 unspecified atom stereocenters. The van der Waals surface area contributed by atoms with Gasteiger partial charge in [0.05, 0.1) is 5.92 Å². The van der Waals surface area contributed by atoms with Crippen molar-refractivity contribution in [2.45, 2.75) is 13.0 Å². The first kappa shape index (κ1) is 19.5. The number of fused-ring (bicyclic) bond motifs is 1. The van der Waals surface area contributed by atoms with E-state index in [9.17, 15) is 9.18 Å². The van der Waals surface area contributed by atoms with Crippen molar-refractivity contribution in [1.29, 1.82) is 0 Å². The Morgan fingerprint density at radius 3 is 2.57 bits per heavy atom. The van der Waals surface area contributed by atoms with Gasteiger partial charge in [-0.2, -0.15) is 0 Å². The minimum atomic E-state index is -0.449. The molecule has 4 N–H and O–H groups in total. The molecule has 8 heteroatoms.